The second-order valence-electron chi connectivity index (χ2n) is 6.42. The van der Waals surface area contributed by atoms with Crippen LogP contribution in [0.25, 0.3) is 11.4 Å². The second kappa shape index (κ2) is 5.35. The summed E-state index contributed by atoms with van der Waals surface area (Å²) in [6, 6.07) is 8.31. The first-order valence-electron chi connectivity index (χ1n) is 7.05. The molecule has 1 aromatic heterocycles. The average Bonchev–Trinajstić information content (AvgIpc) is 2.66. The van der Waals surface area contributed by atoms with Gasteiger partial charge >= 0.3 is 5.97 Å². The minimum absolute atomic E-state index is 0.0419. The van der Waals surface area contributed by atoms with E-state index >= 15 is 0 Å². The summed E-state index contributed by atoms with van der Waals surface area (Å²) in [6.45, 7) is 8.44. The van der Waals surface area contributed by atoms with Crippen LogP contribution < -0.4 is 0 Å². The molecule has 1 heterocycles. The Bertz CT molecular complexity index is 661. The summed E-state index contributed by atoms with van der Waals surface area (Å²) in [5.74, 6) is -0.0463. The normalized spacial score (nSPS) is 11.7. The molecule has 4 nitrogen and oxygen atoms in total. The predicted octanol–water partition coefficient (Wildman–Crippen LogP) is 3.32. The SMILES string of the molecule is Cc1c(CC(=O)O)nc(-c2ccc(C(C)(C)C)cc2)n1C. The Hall–Kier alpha value is -2.10. The Labute approximate surface area is 125 Å². The molecule has 0 saturated heterocycles. The van der Waals surface area contributed by atoms with Gasteiger partial charge in [0, 0.05) is 18.3 Å². The number of aromatic nitrogens is 2. The van der Waals surface area contributed by atoms with Crippen LogP contribution in [0.15, 0.2) is 24.3 Å². The molecule has 0 saturated carbocycles. The number of benzene rings is 1. The van der Waals surface area contributed by atoms with Crippen molar-refractivity contribution < 1.29 is 9.90 Å². The molecule has 21 heavy (non-hydrogen) atoms. The molecular weight excluding hydrogens is 264 g/mol. The van der Waals surface area contributed by atoms with E-state index < -0.39 is 5.97 Å². The van der Waals surface area contributed by atoms with Crippen molar-refractivity contribution in [3.63, 3.8) is 0 Å². The summed E-state index contributed by atoms with van der Waals surface area (Å²) >= 11 is 0. The van der Waals surface area contributed by atoms with Crippen LogP contribution in [0.4, 0.5) is 0 Å². The van der Waals surface area contributed by atoms with Gasteiger partial charge in [-0.3, -0.25) is 4.79 Å². The van der Waals surface area contributed by atoms with Crippen LogP contribution in [-0.2, 0) is 23.7 Å². The summed E-state index contributed by atoms with van der Waals surface area (Å²) < 4.78 is 1.95. The zero-order valence-electron chi connectivity index (χ0n) is 13.3. The number of aliphatic carboxylic acids is 1. The van der Waals surface area contributed by atoms with Gasteiger partial charge in [-0.2, -0.15) is 0 Å². The number of nitrogens with zero attached hydrogens (tertiary/aromatic N) is 2. The summed E-state index contributed by atoms with van der Waals surface area (Å²) in [7, 11) is 1.92. The molecule has 0 unspecified atom stereocenters. The molecule has 0 fully saturated rings. The van der Waals surface area contributed by atoms with E-state index in [9.17, 15) is 4.79 Å². The Kier molecular flexibility index (Phi) is 3.90. The second-order valence-corrected chi connectivity index (χ2v) is 6.42. The molecular formula is C17H22N2O2. The Balaban J connectivity index is 2.40. The third kappa shape index (κ3) is 3.15. The lowest BCUT2D eigenvalue weighted by Crippen LogP contribution is -2.10. The minimum Gasteiger partial charge on any atom is -0.481 e. The summed E-state index contributed by atoms with van der Waals surface area (Å²) in [5, 5.41) is 8.94. The number of carboxylic acid groups (broad SMARTS) is 1. The molecule has 0 aliphatic rings. The predicted molar refractivity (Wildman–Crippen MR) is 83.4 cm³/mol. The summed E-state index contributed by atoms with van der Waals surface area (Å²) in [5.41, 5.74) is 3.91. The van der Waals surface area contributed by atoms with Gasteiger partial charge in [0.25, 0.3) is 0 Å². The number of carbonyl (C=O) groups is 1. The molecule has 0 spiro atoms. The number of rotatable bonds is 3. The van der Waals surface area contributed by atoms with Gasteiger partial charge < -0.3 is 9.67 Å². The van der Waals surface area contributed by atoms with E-state index in [1.165, 1.54) is 5.56 Å². The first kappa shape index (κ1) is 15.3. The maximum atomic E-state index is 10.9. The van der Waals surface area contributed by atoms with Crippen molar-refractivity contribution in [2.45, 2.75) is 39.5 Å². The van der Waals surface area contributed by atoms with Gasteiger partial charge in [-0.25, -0.2) is 4.98 Å². The number of carboxylic acids is 1. The van der Waals surface area contributed by atoms with E-state index in [0.717, 1.165) is 17.1 Å². The molecule has 0 amide bonds. The molecule has 1 aromatic carbocycles. The Morgan fingerprint density at radius 3 is 2.29 bits per heavy atom. The quantitative estimate of drug-likeness (QED) is 0.941. The molecule has 0 bridgehead atoms. The van der Waals surface area contributed by atoms with Crippen molar-refractivity contribution in [3.8, 4) is 11.4 Å². The number of imidazole rings is 1. The molecule has 2 rings (SSSR count). The average molecular weight is 286 g/mol. The first-order valence-corrected chi connectivity index (χ1v) is 7.05. The zero-order chi connectivity index (χ0) is 15.8. The summed E-state index contributed by atoms with van der Waals surface area (Å²) in [4.78, 5) is 15.4. The van der Waals surface area contributed by atoms with E-state index in [2.05, 4.69) is 37.9 Å². The van der Waals surface area contributed by atoms with Crippen molar-refractivity contribution in [1.29, 1.82) is 0 Å². The Morgan fingerprint density at radius 1 is 1.24 bits per heavy atom. The van der Waals surface area contributed by atoms with Crippen molar-refractivity contribution >= 4 is 5.97 Å². The van der Waals surface area contributed by atoms with E-state index in [1.807, 2.05) is 30.7 Å². The maximum absolute atomic E-state index is 10.9. The van der Waals surface area contributed by atoms with Gasteiger partial charge in [-0.1, -0.05) is 45.0 Å². The van der Waals surface area contributed by atoms with Gasteiger partial charge in [0.1, 0.15) is 5.82 Å². The lowest BCUT2D eigenvalue weighted by molar-refractivity contribution is -0.136. The molecule has 2 aromatic rings. The molecule has 112 valence electrons. The highest BCUT2D eigenvalue weighted by molar-refractivity contribution is 5.70. The van der Waals surface area contributed by atoms with E-state index in [-0.39, 0.29) is 11.8 Å². The lowest BCUT2D eigenvalue weighted by atomic mass is 9.87. The van der Waals surface area contributed by atoms with Crippen molar-refractivity contribution in [3.05, 3.63) is 41.2 Å². The molecule has 0 aliphatic carbocycles. The van der Waals surface area contributed by atoms with Crippen LogP contribution in [0.5, 0.6) is 0 Å². The fourth-order valence-electron chi connectivity index (χ4n) is 2.32. The molecule has 4 heteroatoms. The van der Waals surface area contributed by atoms with Crippen molar-refractivity contribution in [1.82, 2.24) is 9.55 Å². The van der Waals surface area contributed by atoms with E-state index in [4.69, 9.17) is 5.11 Å². The van der Waals surface area contributed by atoms with E-state index in [0.29, 0.717) is 5.69 Å². The van der Waals surface area contributed by atoms with Gasteiger partial charge in [0.2, 0.25) is 0 Å². The maximum Gasteiger partial charge on any atom is 0.309 e. The highest BCUT2D eigenvalue weighted by Gasteiger charge is 2.17. The van der Waals surface area contributed by atoms with Gasteiger partial charge in [0.05, 0.1) is 12.1 Å². The molecule has 0 radical (unpaired) electrons. The van der Waals surface area contributed by atoms with Crippen LogP contribution >= 0.6 is 0 Å². The number of hydrogen-bond donors (Lipinski definition) is 1. The van der Waals surface area contributed by atoms with Crippen molar-refractivity contribution in [2.75, 3.05) is 0 Å². The highest BCUT2D eigenvalue weighted by atomic mass is 16.4. The van der Waals surface area contributed by atoms with Crippen LogP contribution in [0, 0.1) is 6.92 Å². The molecule has 0 atom stereocenters. The third-order valence-electron chi connectivity index (χ3n) is 3.81. The van der Waals surface area contributed by atoms with E-state index in [1.54, 1.807) is 0 Å². The van der Waals surface area contributed by atoms with Gasteiger partial charge in [-0.15, -0.1) is 0 Å². The van der Waals surface area contributed by atoms with Crippen LogP contribution in [0.2, 0.25) is 0 Å². The van der Waals surface area contributed by atoms with Crippen LogP contribution in [0.3, 0.4) is 0 Å². The van der Waals surface area contributed by atoms with Gasteiger partial charge in [0.15, 0.2) is 0 Å². The summed E-state index contributed by atoms with van der Waals surface area (Å²) in [6.07, 6.45) is -0.0419. The fraction of sp³-hybridized carbons (Fsp3) is 0.412. The fourth-order valence-corrected chi connectivity index (χ4v) is 2.32. The molecule has 0 aliphatic heterocycles. The van der Waals surface area contributed by atoms with Crippen molar-refractivity contribution in [2.24, 2.45) is 7.05 Å². The first-order chi connectivity index (χ1) is 9.70. The smallest absolute Gasteiger partial charge is 0.309 e. The molecule has 1 N–H and O–H groups in total. The lowest BCUT2D eigenvalue weighted by Gasteiger charge is -2.19. The standard InChI is InChI=1S/C17H22N2O2/c1-11-14(10-15(20)21)18-16(19(11)5)12-6-8-13(9-7-12)17(2,3)4/h6-9H,10H2,1-5H3,(H,20,21). The van der Waals surface area contributed by atoms with Gasteiger partial charge in [-0.05, 0) is 17.9 Å². The monoisotopic (exact) mass is 286 g/mol. The topological polar surface area (TPSA) is 55.1 Å². The largest absolute Gasteiger partial charge is 0.481 e. The minimum atomic E-state index is -0.856. The third-order valence-corrected chi connectivity index (χ3v) is 3.81. The van der Waals surface area contributed by atoms with Crippen LogP contribution in [0.1, 0.15) is 37.7 Å². The number of hydrogen-bond acceptors (Lipinski definition) is 2. The highest BCUT2D eigenvalue weighted by Crippen LogP contribution is 2.26. The zero-order valence-corrected chi connectivity index (χ0v) is 13.3. The van der Waals surface area contributed by atoms with Crippen LogP contribution in [-0.4, -0.2) is 20.6 Å². The Morgan fingerprint density at radius 2 is 1.81 bits per heavy atom.